The molecule has 1 aromatic heterocycles. The Balaban J connectivity index is 1.39. The quantitative estimate of drug-likeness (QED) is 0.669. The van der Waals surface area contributed by atoms with Gasteiger partial charge >= 0.3 is 5.97 Å². The molecule has 1 aliphatic carbocycles. The number of hydrogen-bond donors (Lipinski definition) is 2. The third kappa shape index (κ3) is 4.30. The van der Waals surface area contributed by atoms with Gasteiger partial charge in [0.2, 0.25) is 0 Å². The van der Waals surface area contributed by atoms with Gasteiger partial charge in [0.1, 0.15) is 11.7 Å². The molecule has 170 valence electrons. The molecular formula is C21H28F2N4O4. The van der Waals surface area contributed by atoms with Gasteiger partial charge in [0.25, 0.3) is 0 Å². The SMILES string of the molecule is COC(=O)C(C)(O)Cn1ncc2c1CN([C@H]1CO[C@H](C3CC(F)=CC=C3F)[C@@H](N)C1)C2. The van der Waals surface area contributed by atoms with E-state index in [9.17, 15) is 18.7 Å². The van der Waals surface area contributed by atoms with Crippen molar-refractivity contribution in [2.75, 3.05) is 13.7 Å². The van der Waals surface area contributed by atoms with E-state index in [-0.39, 0.29) is 24.8 Å². The molecule has 2 aliphatic heterocycles. The molecular weight excluding hydrogens is 410 g/mol. The van der Waals surface area contributed by atoms with Crippen molar-refractivity contribution in [1.82, 2.24) is 14.7 Å². The molecule has 3 N–H and O–H groups in total. The minimum Gasteiger partial charge on any atom is -0.467 e. The first-order valence-electron chi connectivity index (χ1n) is 10.4. The number of nitrogens with two attached hydrogens (primary N) is 1. The number of aliphatic hydroxyl groups is 1. The van der Waals surface area contributed by atoms with Crippen molar-refractivity contribution in [3.05, 3.63) is 41.3 Å². The average molecular weight is 438 g/mol. The lowest BCUT2D eigenvalue weighted by atomic mass is 9.85. The van der Waals surface area contributed by atoms with Crippen LogP contribution in [0, 0.1) is 5.92 Å². The normalized spacial score (nSPS) is 30.9. The number of ether oxygens (including phenoxy) is 2. The maximum atomic E-state index is 14.2. The molecule has 0 amide bonds. The zero-order valence-electron chi connectivity index (χ0n) is 17.6. The van der Waals surface area contributed by atoms with E-state index >= 15 is 0 Å². The second-order valence-corrected chi connectivity index (χ2v) is 8.77. The van der Waals surface area contributed by atoms with Crippen molar-refractivity contribution in [2.45, 2.75) is 63.2 Å². The monoisotopic (exact) mass is 438 g/mol. The predicted octanol–water partition coefficient (Wildman–Crippen LogP) is 1.33. The van der Waals surface area contributed by atoms with E-state index in [2.05, 4.69) is 14.7 Å². The molecule has 3 heterocycles. The van der Waals surface area contributed by atoms with Crippen LogP contribution in [0.15, 0.2) is 30.0 Å². The summed E-state index contributed by atoms with van der Waals surface area (Å²) in [6.45, 7) is 2.94. The van der Waals surface area contributed by atoms with E-state index in [1.165, 1.54) is 14.0 Å². The van der Waals surface area contributed by atoms with E-state index < -0.39 is 35.5 Å². The van der Waals surface area contributed by atoms with Gasteiger partial charge in [-0.3, -0.25) is 9.58 Å². The standard InChI is InChI=1S/C21H28F2N4O4/c1-21(29,20(28)30-2)11-27-18-9-26(8-12(18)7-25-27)14-6-17(24)19(31-10-14)15-5-13(22)3-4-16(15)23/h3-4,7,14-15,17,19,29H,5-6,8-11,24H2,1-2H3/t14-,15?,17+,19-,21?/m1/s1. The number of carbonyl (C=O) groups is 1. The summed E-state index contributed by atoms with van der Waals surface area (Å²) in [6.07, 6.45) is 4.02. The molecule has 5 atom stereocenters. The maximum Gasteiger partial charge on any atom is 0.339 e. The molecule has 1 fully saturated rings. The fraction of sp³-hybridized carbons (Fsp3) is 0.619. The Hall–Kier alpha value is -2.14. The van der Waals surface area contributed by atoms with Crippen LogP contribution in [0.4, 0.5) is 8.78 Å². The van der Waals surface area contributed by atoms with E-state index in [0.29, 0.717) is 26.1 Å². The Bertz CT molecular complexity index is 913. The van der Waals surface area contributed by atoms with Crippen LogP contribution in [0.25, 0.3) is 0 Å². The second kappa shape index (κ2) is 8.42. The first-order valence-corrected chi connectivity index (χ1v) is 10.4. The van der Waals surface area contributed by atoms with Crippen LogP contribution in [-0.2, 0) is 33.9 Å². The van der Waals surface area contributed by atoms with E-state index in [1.807, 2.05) is 0 Å². The van der Waals surface area contributed by atoms with Crippen molar-refractivity contribution in [3.63, 3.8) is 0 Å². The highest BCUT2D eigenvalue weighted by Gasteiger charge is 2.41. The molecule has 8 nitrogen and oxygen atoms in total. The fourth-order valence-corrected chi connectivity index (χ4v) is 4.68. The summed E-state index contributed by atoms with van der Waals surface area (Å²) >= 11 is 0. The molecule has 3 aliphatic rings. The summed E-state index contributed by atoms with van der Waals surface area (Å²) in [6, 6.07) is -0.404. The Labute approximate surface area is 179 Å². The minimum atomic E-state index is -1.69. The summed E-state index contributed by atoms with van der Waals surface area (Å²) in [5.74, 6) is -2.18. The van der Waals surface area contributed by atoms with Crippen LogP contribution in [0.5, 0.6) is 0 Å². The lowest BCUT2D eigenvalue weighted by molar-refractivity contribution is -0.162. The molecule has 1 saturated heterocycles. The maximum absolute atomic E-state index is 14.2. The number of halogens is 2. The number of hydrogen-bond acceptors (Lipinski definition) is 7. The molecule has 0 saturated carbocycles. The minimum absolute atomic E-state index is 0.0159. The topological polar surface area (TPSA) is 103 Å². The van der Waals surface area contributed by atoms with Crippen molar-refractivity contribution in [2.24, 2.45) is 11.7 Å². The Morgan fingerprint density at radius 3 is 2.90 bits per heavy atom. The molecule has 1 aromatic rings. The zero-order valence-corrected chi connectivity index (χ0v) is 17.6. The fourth-order valence-electron chi connectivity index (χ4n) is 4.68. The van der Waals surface area contributed by atoms with Crippen LogP contribution < -0.4 is 5.73 Å². The molecule has 0 bridgehead atoms. The highest BCUT2D eigenvalue weighted by molar-refractivity contribution is 5.78. The molecule has 10 heteroatoms. The number of allylic oxidation sites excluding steroid dienone is 3. The van der Waals surface area contributed by atoms with Gasteiger partial charge in [-0.05, 0) is 25.5 Å². The largest absolute Gasteiger partial charge is 0.467 e. The number of rotatable bonds is 5. The predicted molar refractivity (Wildman–Crippen MR) is 107 cm³/mol. The molecule has 2 unspecified atom stereocenters. The third-order valence-corrected chi connectivity index (χ3v) is 6.40. The summed E-state index contributed by atoms with van der Waals surface area (Å²) in [5.41, 5.74) is 6.56. The van der Waals surface area contributed by atoms with Gasteiger partial charge in [-0.2, -0.15) is 5.10 Å². The van der Waals surface area contributed by atoms with Gasteiger partial charge in [0.15, 0.2) is 5.60 Å². The van der Waals surface area contributed by atoms with E-state index in [1.54, 1.807) is 10.9 Å². The Kier molecular flexibility index (Phi) is 5.99. The Morgan fingerprint density at radius 1 is 1.42 bits per heavy atom. The first kappa shape index (κ1) is 22.1. The van der Waals surface area contributed by atoms with Gasteiger partial charge < -0.3 is 20.3 Å². The van der Waals surface area contributed by atoms with Gasteiger partial charge in [-0.15, -0.1) is 0 Å². The van der Waals surface area contributed by atoms with Crippen LogP contribution in [0.3, 0.4) is 0 Å². The highest BCUT2D eigenvalue weighted by atomic mass is 19.1. The van der Waals surface area contributed by atoms with Crippen molar-refractivity contribution in [1.29, 1.82) is 0 Å². The van der Waals surface area contributed by atoms with Crippen molar-refractivity contribution < 1.29 is 28.2 Å². The lowest BCUT2D eigenvalue weighted by Crippen LogP contribution is -2.53. The summed E-state index contributed by atoms with van der Waals surface area (Å²) in [5, 5.41) is 14.7. The summed E-state index contributed by atoms with van der Waals surface area (Å²) in [7, 11) is 1.23. The highest BCUT2D eigenvalue weighted by Crippen LogP contribution is 2.36. The van der Waals surface area contributed by atoms with Crippen molar-refractivity contribution in [3.8, 4) is 0 Å². The number of aromatic nitrogens is 2. The number of methoxy groups -OCH3 is 1. The van der Waals surface area contributed by atoms with Crippen LogP contribution >= 0.6 is 0 Å². The molecule has 4 rings (SSSR count). The third-order valence-electron chi connectivity index (χ3n) is 6.40. The van der Waals surface area contributed by atoms with Crippen LogP contribution in [0.2, 0.25) is 0 Å². The van der Waals surface area contributed by atoms with E-state index in [4.69, 9.17) is 10.5 Å². The summed E-state index contributed by atoms with van der Waals surface area (Å²) < 4.78 is 40.1. The number of fused-ring (bicyclic) bond motifs is 1. The number of carbonyl (C=O) groups excluding carboxylic acids is 1. The smallest absolute Gasteiger partial charge is 0.339 e. The summed E-state index contributed by atoms with van der Waals surface area (Å²) in [4.78, 5) is 14.0. The molecule has 0 radical (unpaired) electrons. The second-order valence-electron chi connectivity index (χ2n) is 8.77. The van der Waals surface area contributed by atoms with Crippen LogP contribution in [0.1, 0.15) is 31.0 Å². The molecule has 0 aromatic carbocycles. The number of esters is 1. The van der Waals surface area contributed by atoms with Gasteiger partial charge in [0, 0.05) is 43.1 Å². The lowest BCUT2D eigenvalue weighted by Gasteiger charge is -2.41. The van der Waals surface area contributed by atoms with Gasteiger partial charge in [-0.1, -0.05) is 0 Å². The molecule has 31 heavy (non-hydrogen) atoms. The Morgan fingerprint density at radius 2 is 2.19 bits per heavy atom. The van der Waals surface area contributed by atoms with Gasteiger partial charge in [-0.25, -0.2) is 13.6 Å². The molecule has 0 spiro atoms. The van der Waals surface area contributed by atoms with Gasteiger partial charge in [0.05, 0.1) is 38.3 Å². The number of nitrogens with zero attached hydrogens (tertiary/aromatic N) is 3. The zero-order chi connectivity index (χ0) is 22.3. The van der Waals surface area contributed by atoms with Crippen LogP contribution in [-0.4, -0.2) is 63.3 Å². The van der Waals surface area contributed by atoms with E-state index in [0.717, 1.165) is 23.4 Å². The average Bonchev–Trinajstić information content (AvgIpc) is 3.31. The van der Waals surface area contributed by atoms with Crippen molar-refractivity contribution >= 4 is 5.97 Å². The first-order chi connectivity index (χ1) is 14.7.